The lowest BCUT2D eigenvalue weighted by Crippen LogP contribution is -2.70. The van der Waals surface area contributed by atoms with Gasteiger partial charge >= 0.3 is 0 Å². The number of anilines is 2. The molecular weight excluding hydrogens is 409 g/mol. The first kappa shape index (κ1) is 19.2. The van der Waals surface area contributed by atoms with E-state index in [1.165, 1.54) is 12.8 Å². The Kier molecular flexibility index (Phi) is 4.95. The highest BCUT2D eigenvalue weighted by Crippen LogP contribution is 2.41. The number of para-hydroxylation sites is 2. The first-order valence-electron chi connectivity index (χ1n) is 10.0. The molecule has 1 amide bonds. The second-order valence-electron chi connectivity index (χ2n) is 8.03. The summed E-state index contributed by atoms with van der Waals surface area (Å²) in [7, 11) is 0. The van der Waals surface area contributed by atoms with Gasteiger partial charge in [0.15, 0.2) is 0 Å². The van der Waals surface area contributed by atoms with Crippen LogP contribution in [0, 0.1) is 0 Å². The van der Waals surface area contributed by atoms with Crippen molar-refractivity contribution < 1.29 is 9.53 Å². The van der Waals surface area contributed by atoms with Crippen molar-refractivity contribution in [2.45, 2.75) is 31.0 Å². The van der Waals surface area contributed by atoms with Gasteiger partial charge in [-0.1, -0.05) is 35.3 Å². The molecule has 2 heterocycles. The number of halogens is 2. The summed E-state index contributed by atoms with van der Waals surface area (Å²) in [4.78, 5) is 18.0. The molecule has 0 spiro atoms. The molecule has 0 bridgehead atoms. The standard InChI is InChI=1S/C22H23Cl2N3O2/c23-16-5-8-18(24)15(11-16)12-25-22(13-29-14-22)21(28)27-10-9-26(17-6-7-17)19-3-1-2-4-20(19)27/h1-5,8,11,17,25H,6-7,9-10,12-14H2. The quantitative estimate of drug-likeness (QED) is 0.780. The van der Waals surface area contributed by atoms with Gasteiger partial charge < -0.3 is 14.5 Å². The lowest BCUT2D eigenvalue weighted by atomic mass is 9.93. The molecule has 0 atom stereocenters. The summed E-state index contributed by atoms with van der Waals surface area (Å²) in [6.45, 7) is 2.72. The monoisotopic (exact) mass is 431 g/mol. The van der Waals surface area contributed by atoms with E-state index in [1.807, 2.05) is 29.2 Å². The Morgan fingerprint density at radius 2 is 1.86 bits per heavy atom. The van der Waals surface area contributed by atoms with Crippen LogP contribution in [0.1, 0.15) is 18.4 Å². The van der Waals surface area contributed by atoms with Crippen LogP contribution >= 0.6 is 23.2 Å². The van der Waals surface area contributed by atoms with E-state index >= 15 is 0 Å². The molecule has 7 heteroatoms. The van der Waals surface area contributed by atoms with E-state index < -0.39 is 5.54 Å². The Hall–Kier alpha value is -1.79. The van der Waals surface area contributed by atoms with E-state index in [2.05, 4.69) is 16.3 Å². The number of ether oxygens (including phenoxy) is 1. The molecule has 0 radical (unpaired) electrons. The molecule has 0 aromatic heterocycles. The molecule has 2 aromatic carbocycles. The highest BCUT2D eigenvalue weighted by molar-refractivity contribution is 6.33. The van der Waals surface area contributed by atoms with Gasteiger partial charge in [0.2, 0.25) is 0 Å². The van der Waals surface area contributed by atoms with Crippen molar-refractivity contribution in [2.24, 2.45) is 0 Å². The van der Waals surface area contributed by atoms with Crippen LogP contribution in [0.4, 0.5) is 11.4 Å². The summed E-state index contributed by atoms with van der Waals surface area (Å²) in [5, 5.41) is 4.68. The predicted molar refractivity (Wildman–Crippen MR) is 116 cm³/mol. The maximum atomic E-state index is 13.6. The minimum Gasteiger partial charge on any atom is -0.376 e. The summed E-state index contributed by atoms with van der Waals surface area (Å²) in [6.07, 6.45) is 2.48. The van der Waals surface area contributed by atoms with Crippen LogP contribution in [0.5, 0.6) is 0 Å². The molecule has 3 aliphatic rings. The van der Waals surface area contributed by atoms with Gasteiger partial charge in [0, 0.05) is 35.7 Å². The first-order chi connectivity index (χ1) is 14.1. The number of nitrogens with zero attached hydrogens (tertiary/aromatic N) is 2. The Labute approximate surface area is 180 Å². The third-order valence-electron chi connectivity index (χ3n) is 6.01. The van der Waals surface area contributed by atoms with Gasteiger partial charge in [-0.05, 0) is 48.7 Å². The van der Waals surface area contributed by atoms with Gasteiger partial charge in [0.05, 0.1) is 24.6 Å². The first-order valence-corrected chi connectivity index (χ1v) is 10.8. The Morgan fingerprint density at radius 3 is 2.55 bits per heavy atom. The van der Waals surface area contributed by atoms with Gasteiger partial charge in [-0.15, -0.1) is 0 Å². The molecule has 2 fully saturated rings. The summed E-state index contributed by atoms with van der Waals surface area (Å²) in [5.74, 6) is 0.0600. The summed E-state index contributed by atoms with van der Waals surface area (Å²) < 4.78 is 5.47. The van der Waals surface area contributed by atoms with Crippen LogP contribution in [-0.2, 0) is 16.1 Å². The molecule has 29 heavy (non-hydrogen) atoms. The third-order valence-corrected chi connectivity index (χ3v) is 6.61. The second-order valence-corrected chi connectivity index (χ2v) is 8.88. The molecule has 0 unspecified atom stereocenters. The van der Waals surface area contributed by atoms with Crippen LogP contribution in [0.25, 0.3) is 0 Å². The Bertz CT molecular complexity index is 943. The molecule has 5 rings (SSSR count). The van der Waals surface area contributed by atoms with Gasteiger partial charge in [0.25, 0.3) is 5.91 Å². The molecular formula is C22H23Cl2N3O2. The van der Waals surface area contributed by atoms with Crippen molar-refractivity contribution in [1.82, 2.24) is 5.32 Å². The van der Waals surface area contributed by atoms with E-state index in [0.29, 0.717) is 42.4 Å². The number of amides is 1. The van der Waals surface area contributed by atoms with E-state index in [9.17, 15) is 4.79 Å². The van der Waals surface area contributed by atoms with Gasteiger partial charge in [0.1, 0.15) is 5.54 Å². The molecule has 1 aliphatic carbocycles. The van der Waals surface area contributed by atoms with Crippen molar-refractivity contribution in [3.05, 3.63) is 58.1 Å². The zero-order valence-corrected chi connectivity index (χ0v) is 17.5. The van der Waals surface area contributed by atoms with E-state index in [4.69, 9.17) is 27.9 Å². The number of nitrogens with one attached hydrogen (secondary N) is 1. The normalized spacial score (nSPS) is 20.2. The summed E-state index contributed by atoms with van der Waals surface area (Å²) >= 11 is 12.4. The van der Waals surface area contributed by atoms with Gasteiger partial charge in [-0.25, -0.2) is 0 Å². The number of rotatable bonds is 5. The highest BCUT2D eigenvalue weighted by atomic mass is 35.5. The third kappa shape index (κ3) is 3.50. The molecule has 1 saturated heterocycles. The van der Waals surface area contributed by atoms with Crippen molar-refractivity contribution in [3.63, 3.8) is 0 Å². The summed E-state index contributed by atoms with van der Waals surface area (Å²) in [6, 6.07) is 14.2. The van der Waals surface area contributed by atoms with Crippen LogP contribution in [0.2, 0.25) is 10.0 Å². The highest BCUT2D eigenvalue weighted by Gasteiger charge is 2.49. The number of carbonyl (C=O) groups is 1. The van der Waals surface area contributed by atoms with Gasteiger partial charge in [-0.3, -0.25) is 10.1 Å². The van der Waals surface area contributed by atoms with E-state index in [1.54, 1.807) is 12.1 Å². The second kappa shape index (κ2) is 7.47. The fraction of sp³-hybridized carbons (Fsp3) is 0.409. The lowest BCUT2D eigenvalue weighted by Gasteiger charge is -2.46. The maximum absolute atomic E-state index is 13.6. The molecule has 152 valence electrons. The van der Waals surface area contributed by atoms with E-state index in [-0.39, 0.29) is 5.91 Å². The predicted octanol–water partition coefficient (Wildman–Crippen LogP) is 3.87. The minimum atomic E-state index is -0.736. The molecule has 5 nitrogen and oxygen atoms in total. The van der Waals surface area contributed by atoms with E-state index in [0.717, 1.165) is 23.5 Å². The summed E-state index contributed by atoms with van der Waals surface area (Å²) in [5.41, 5.74) is 2.28. The van der Waals surface area contributed by atoms with Crippen molar-refractivity contribution >= 4 is 40.5 Å². The van der Waals surface area contributed by atoms with Crippen molar-refractivity contribution in [2.75, 3.05) is 36.1 Å². The van der Waals surface area contributed by atoms with Crippen LogP contribution in [0.3, 0.4) is 0 Å². The van der Waals surface area contributed by atoms with Crippen molar-refractivity contribution in [1.29, 1.82) is 0 Å². The molecule has 1 N–H and O–H groups in total. The van der Waals surface area contributed by atoms with Crippen LogP contribution in [0.15, 0.2) is 42.5 Å². The Balaban J connectivity index is 1.38. The largest absolute Gasteiger partial charge is 0.376 e. The molecule has 1 saturated carbocycles. The number of benzene rings is 2. The fourth-order valence-electron chi connectivity index (χ4n) is 4.17. The van der Waals surface area contributed by atoms with Crippen molar-refractivity contribution in [3.8, 4) is 0 Å². The average molecular weight is 432 g/mol. The number of fused-ring (bicyclic) bond motifs is 1. The Morgan fingerprint density at radius 1 is 1.10 bits per heavy atom. The minimum absolute atomic E-state index is 0.0600. The van der Waals surface area contributed by atoms with Crippen LogP contribution < -0.4 is 15.1 Å². The topological polar surface area (TPSA) is 44.8 Å². The number of hydrogen-bond donors (Lipinski definition) is 1. The molecule has 2 aromatic rings. The zero-order valence-electron chi connectivity index (χ0n) is 16.0. The number of carbonyl (C=O) groups excluding carboxylic acids is 1. The maximum Gasteiger partial charge on any atom is 0.252 e. The van der Waals surface area contributed by atoms with Gasteiger partial charge in [-0.2, -0.15) is 0 Å². The average Bonchev–Trinajstić information content (AvgIpc) is 3.54. The number of hydrogen-bond acceptors (Lipinski definition) is 4. The fourth-order valence-corrected chi connectivity index (χ4v) is 4.55. The SMILES string of the molecule is O=C(N1CCN(C2CC2)c2ccccc21)C1(NCc2cc(Cl)ccc2Cl)COC1. The lowest BCUT2D eigenvalue weighted by molar-refractivity contribution is -0.145. The molecule has 2 aliphatic heterocycles. The zero-order chi connectivity index (χ0) is 20.0. The van der Waals surface area contributed by atoms with Crippen LogP contribution in [-0.4, -0.2) is 43.8 Å². The smallest absolute Gasteiger partial charge is 0.252 e.